The van der Waals surface area contributed by atoms with E-state index in [0.717, 1.165) is 5.75 Å². The number of hydrogen-bond acceptors (Lipinski definition) is 6. The van der Waals surface area contributed by atoms with Gasteiger partial charge in [-0.05, 0) is 42.5 Å². The van der Waals surface area contributed by atoms with Gasteiger partial charge in [0.2, 0.25) is 5.91 Å². The van der Waals surface area contributed by atoms with E-state index in [1.165, 1.54) is 11.8 Å². The zero-order chi connectivity index (χ0) is 21.3. The third kappa shape index (κ3) is 6.01. The number of anilines is 1. The summed E-state index contributed by atoms with van der Waals surface area (Å²) in [5, 5.41) is 12.4. The van der Waals surface area contributed by atoms with Crippen molar-refractivity contribution in [1.82, 2.24) is 14.8 Å². The molecule has 7 nitrogen and oxygen atoms in total. The average Bonchev–Trinajstić information content (AvgIpc) is 3.13. The molecule has 1 aromatic heterocycles. The minimum absolute atomic E-state index is 0.161. The van der Waals surface area contributed by atoms with Crippen LogP contribution in [-0.4, -0.2) is 33.5 Å². The Morgan fingerprint density at radius 2 is 2.00 bits per heavy atom. The Morgan fingerprint density at radius 3 is 2.70 bits per heavy atom. The second-order valence-corrected chi connectivity index (χ2v) is 7.49. The number of hydrogen-bond donors (Lipinski definition) is 1. The second kappa shape index (κ2) is 10.7. The number of benzene rings is 2. The molecule has 9 heteroatoms. The summed E-state index contributed by atoms with van der Waals surface area (Å²) in [5.41, 5.74) is 0.647. The van der Waals surface area contributed by atoms with Crippen LogP contribution in [0.4, 0.5) is 5.69 Å². The van der Waals surface area contributed by atoms with Gasteiger partial charge in [0.15, 0.2) is 11.0 Å². The number of carbonyl (C=O) groups excluding carboxylic acids is 1. The highest BCUT2D eigenvalue weighted by Gasteiger charge is 2.14. The van der Waals surface area contributed by atoms with E-state index in [-0.39, 0.29) is 18.3 Å². The molecule has 0 unspecified atom stereocenters. The SMILES string of the molecule is C=CCn1c(COc2ccc(OC)cc2)nnc1SCC(=O)Nc1cccc(Cl)c1. The fourth-order valence-corrected chi connectivity index (χ4v) is 3.52. The lowest BCUT2D eigenvalue weighted by molar-refractivity contribution is -0.113. The number of rotatable bonds is 10. The normalized spacial score (nSPS) is 10.5. The Labute approximate surface area is 184 Å². The summed E-state index contributed by atoms with van der Waals surface area (Å²) >= 11 is 7.23. The van der Waals surface area contributed by atoms with Crippen molar-refractivity contribution in [2.75, 3.05) is 18.2 Å². The van der Waals surface area contributed by atoms with Gasteiger partial charge in [-0.3, -0.25) is 9.36 Å². The van der Waals surface area contributed by atoms with Crippen molar-refractivity contribution in [1.29, 1.82) is 0 Å². The van der Waals surface area contributed by atoms with E-state index in [1.54, 1.807) is 37.5 Å². The lowest BCUT2D eigenvalue weighted by Crippen LogP contribution is -2.15. The Hall–Kier alpha value is -2.97. The van der Waals surface area contributed by atoms with Gasteiger partial charge in [0.25, 0.3) is 0 Å². The molecule has 0 spiro atoms. The molecule has 3 rings (SSSR count). The van der Waals surface area contributed by atoms with E-state index in [1.807, 2.05) is 28.8 Å². The molecule has 0 atom stereocenters. The molecule has 1 heterocycles. The summed E-state index contributed by atoms with van der Waals surface area (Å²) in [6, 6.07) is 14.3. The number of methoxy groups -OCH3 is 1. The lowest BCUT2D eigenvalue weighted by atomic mass is 10.3. The molecular weight excluding hydrogens is 424 g/mol. The first-order chi connectivity index (χ1) is 14.6. The van der Waals surface area contributed by atoms with Gasteiger partial charge >= 0.3 is 0 Å². The van der Waals surface area contributed by atoms with Crippen molar-refractivity contribution >= 4 is 35.0 Å². The van der Waals surface area contributed by atoms with E-state index >= 15 is 0 Å². The number of nitrogens with zero attached hydrogens (tertiary/aromatic N) is 3. The number of halogens is 1. The number of aromatic nitrogens is 3. The lowest BCUT2D eigenvalue weighted by Gasteiger charge is -2.10. The fraction of sp³-hybridized carbons (Fsp3) is 0.190. The Morgan fingerprint density at radius 1 is 1.23 bits per heavy atom. The van der Waals surface area contributed by atoms with E-state index in [0.29, 0.717) is 34.0 Å². The molecule has 3 aromatic rings. The van der Waals surface area contributed by atoms with Crippen LogP contribution in [0.15, 0.2) is 66.3 Å². The summed E-state index contributed by atoms with van der Waals surface area (Å²) in [5.74, 6) is 2.11. The predicted octanol–water partition coefficient (Wildman–Crippen LogP) is 4.44. The van der Waals surface area contributed by atoms with Gasteiger partial charge in [-0.25, -0.2) is 0 Å². The molecule has 0 aliphatic carbocycles. The van der Waals surface area contributed by atoms with Crippen LogP contribution in [0.2, 0.25) is 5.02 Å². The summed E-state index contributed by atoms with van der Waals surface area (Å²) in [6.45, 7) is 4.53. The predicted molar refractivity (Wildman–Crippen MR) is 118 cm³/mol. The van der Waals surface area contributed by atoms with Crippen molar-refractivity contribution in [2.45, 2.75) is 18.3 Å². The molecule has 30 heavy (non-hydrogen) atoms. The smallest absolute Gasteiger partial charge is 0.234 e. The van der Waals surface area contributed by atoms with Crippen LogP contribution in [0.3, 0.4) is 0 Å². The molecule has 0 radical (unpaired) electrons. The Bertz CT molecular complexity index is 1010. The number of amides is 1. The maximum absolute atomic E-state index is 12.2. The monoisotopic (exact) mass is 444 g/mol. The molecule has 0 bridgehead atoms. The van der Waals surface area contributed by atoms with Crippen LogP contribution in [0.1, 0.15) is 5.82 Å². The van der Waals surface area contributed by atoms with Crippen LogP contribution < -0.4 is 14.8 Å². The molecule has 1 N–H and O–H groups in total. The standard InChI is InChI=1S/C21H21ClN4O3S/c1-3-11-26-19(13-29-18-9-7-17(28-2)8-10-18)24-25-21(26)30-14-20(27)23-16-6-4-5-15(22)12-16/h3-10,12H,1,11,13-14H2,2H3,(H,23,27). The first-order valence-corrected chi connectivity index (χ1v) is 10.4. The van der Waals surface area contributed by atoms with Crippen molar-refractivity contribution in [3.63, 3.8) is 0 Å². The van der Waals surface area contributed by atoms with Gasteiger partial charge in [0.1, 0.15) is 18.1 Å². The fourth-order valence-electron chi connectivity index (χ4n) is 2.56. The van der Waals surface area contributed by atoms with Crippen molar-refractivity contribution in [3.05, 3.63) is 72.0 Å². The first kappa shape index (κ1) is 21.7. The number of ether oxygens (including phenoxy) is 2. The molecule has 0 aliphatic heterocycles. The van der Waals surface area contributed by atoms with Gasteiger partial charge in [-0.2, -0.15) is 0 Å². The van der Waals surface area contributed by atoms with E-state index in [9.17, 15) is 4.79 Å². The highest BCUT2D eigenvalue weighted by atomic mass is 35.5. The third-order valence-electron chi connectivity index (χ3n) is 3.97. The zero-order valence-electron chi connectivity index (χ0n) is 16.4. The minimum atomic E-state index is -0.161. The van der Waals surface area contributed by atoms with E-state index in [2.05, 4.69) is 22.1 Å². The zero-order valence-corrected chi connectivity index (χ0v) is 17.9. The van der Waals surface area contributed by atoms with Crippen molar-refractivity contribution in [2.24, 2.45) is 0 Å². The number of thioether (sulfide) groups is 1. The van der Waals surface area contributed by atoms with E-state index in [4.69, 9.17) is 21.1 Å². The highest BCUT2D eigenvalue weighted by Crippen LogP contribution is 2.21. The Kier molecular flexibility index (Phi) is 7.75. The van der Waals surface area contributed by atoms with Crippen LogP contribution in [0, 0.1) is 0 Å². The molecule has 0 saturated carbocycles. The second-order valence-electron chi connectivity index (χ2n) is 6.11. The number of allylic oxidation sites excluding steroid dienone is 1. The number of nitrogens with one attached hydrogen (secondary N) is 1. The Balaban J connectivity index is 1.60. The molecular formula is C21H21ClN4O3S. The van der Waals surface area contributed by atoms with Crippen LogP contribution in [0.5, 0.6) is 11.5 Å². The molecule has 0 fully saturated rings. The van der Waals surface area contributed by atoms with Crippen LogP contribution in [0.25, 0.3) is 0 Å². The topological polar surface area (TPSA) is 78.3 Å². The van der Waals surface area contributed by atoms with Gasteiger partial charge in [0.05, 0.1) is 12.9 Å². The van der Waals surface area contributed by atoms with Gasteiger partial charge in [-0.1, -0.05) is 35.5 Å². The van der Waals surface area contributed by atoms with Gasteiger partial charge < -0.3 is 14.8 Å². The summed E-state index contributed by atoms with van der Waals surface area (Å²) in [6.07, 6.45) is 1.75. The molecule has 156 valence electrons. The maximum Gasteiger partial charge on any atom is 0.234 e. The molecule has 1 amide bonds. The minimum Gasteiger partial charge on any atom is -0.497 e. The van der Waals surface area contributed by atoms with Crippen molar-refractivity contribution < 1.29 is 14.3 Å². The molecule has 2 aromatic carbocycles. The van der Waals surface area contributed by atoms with Crippen LogP contribution >= 0.6 is 23.4 Å². The first-order valence-electron chi connectivity index (χ1n) is 9.07. The largest absolute Gasteiger partial charge is 0.497 e. The van der Waals surface area contributed by atoms with Crippen molar-refractivity contribution in [3.8, 4) is 11.5 Å². The molecule has 0 saturated heterocycles. The summed E-state index contributed by atoms with van der Waals surface area (Å²) in [4.78, 5) is 12.2. The average molecular weight is 445 g/mol. The third-order valence-corrected chi connectivity index (χ3v) is 5.18. The quantitative estimate of drug-likeness (QED) is 0.368. The molecule has 0 aliphatic rings. The summed E-state index contributed by atoms with van der Waals surface area (Å²) < 4.78 is 12.8. The maximum atomic E-state index is 12.2. The van der Waals surface area contributed by atoms with Crippen LogP contribution in [-0.2, 0) is 17.9 Å². The van der Waals surface area contributed by atoms with Gasteiger partial charge in [-0.15, -0.1) is 16.8 Å². The van der Waals surface area contributed by atoms with E-state index < -0.39 is 0 Å². The summed E-state index contributed by atoms with van der Waals surface area (Å²) in [7, 11) is 1.61. The van der Waals surface area contributed by atoms with Gasteiger partial charge in [0, 0.05) is 17.3 Å². The highest BCUT2D eigenvalue weighted by molar-refractivity contribution is 7.99. The number of carbonyl (C=O) groups is 1.